The number of nitrogens with one attached hydrogen (secondary N) is 1. The van der Waals surface area contributed by atoms with Gasteiger partial charge in [0.1, 0.15) is 6.61 Å². The van der Waals surface area contributed by atoms with Crippen LogP contribution >= 0.6 is 0 Å². The van der Waals surface area contributed by atoms with Crippen LogP contribution in [0, 0.1) is 5.92 Å². The molecule has 2 aliphatic heterocycles. The van der Waals surface area contributed by atoms with E-state index in [-0.39, 0.29) is 23.8 Å². The van der Waals surface area contributed by atoms with Crippen molar-refractivity contribution in [2.45, 2.75) is 63.3 Å². The summed E-state index contributed by atoms with van der Waals surface area (Å²) in [5.74, 6) is -0.623. The summed E-state index contributed by atoms with van der Waals surface area (Å²) in [4.78, 5) is 26.5. The Hall–Kier alpha value is -1.92. The molecule has 0 saturated carbocycles. The first-order valence-electron chi connectivity index (χ1n) is 9.93. The van der Waals surface area contributed by atoms with Gasteiger partial charge in [-0.3, -0.25) is 14.5 Å². The number of piperidine rings is 1. The van der Waals surface area contributed by atoms with Crippen molar-refractivity contribution in [3.63, 3.8) is 0 Å². The van der Waals surface area contributed by atoms with E-state index in [0.29, 0.717) is 38.5 Å². The van der Waals surface area contributed by atoms with Crippen molar-refractivity contribution >= 4 is 11.9 Å². The van der Waals surface area contributed by atoms with E-state index in [1.54, 1.807) is 0 Å². The van der Waals surface area contributed by atoms with Gasteiger partial charge in [-0.05, 0) is 44.7 Å². The first-order chi connectivity index (χ1) is 13.1. The van der Waals surface area contributed by atoms with Gasteiger partial charge in [-0.25, -0.2) is 0 Å². The van der Waals surface area contributed by atoms with Crippen LogP contribution in [0.1, 0.15) is 44.1 Å². The first kappa shape index (κ1) is 19.8. The van der Waals surface area contributed by atoms with Crippen molar-refractivity contribution in [2.75, 3.05) is 13.6 Å². The maximum absolute atomic E-state index is 12.5. The number of amides is 1. The number of fused-ring (bicyclic) bond motifs is 2. The van der Waals surface area contributed by atoms with Gasteiger partial charge in [0.15, 0.2) is 0 Å². The number of unbranched alkanes of at least 4 members (excludes halogenated alkanes) is 1. The van der Waals surface area contributed by atoms with Crippen molar-refractivity contribution in [1.29, 1.82) is 0 Å². The quantitative estimate of drug-likeness (QED) is 0.536. The molecule has 2 N–H and O–H groups in total. The third kappa shape index (κ3) is 5.08. The Morgan fingerprint density at radius 1 is 1.22 bits per heavy atom. The molecule has 2 saturated heterocycles. The molecule has 1 amide bonds. The second-order valence-corrected chi connectivity index (χ2v) is 7.69. The second-order valence-electron chi connectivity index (χ2n) is 7.69. The Bertz CT molecular complexity index is 636. The fourth-order valence-corrected chi connectivity index (χ4v) is 4.32. The highest BCUT2D eigenvalue weighted by atomic mass is 16.5. The molecule has 3 rings (SSSR count). The van der Waals surface area contributed by atoms with E-state index in [0.717, 1.165) is 24.8 Å². The van der Waals surface area contributed by atoms with E-state index in [1.165, 1.54) is 0 Å². The molecule has 148 valence electrons. The predicted molar refractivity (Wildman–Crippen MR) is 102 cm³/mol. The number of benzene rings is 1. The SMILES string of the molecule is CN1C2CCC1[C@@H](C(=O)NCCCCC(=O)OCc1ccccc1)[C@@H](O)C2. The maximum atomic E-state index is 12.5. The minimum atomic E-state index is -0.549. The molecule has 27 heavy (non-hydrogen) atoms. The van der Waals surface area contributed by atoms with Crippen LogP contribution in [0.25, 0.3) is 0 Å². The van der Waals surface area contributed by atoms with Crippen LogP contribution in [0.5, 0.6) is 0 Å². The summed E-state index contributed by atoms with van der Waals surface area (Å²) in [6.07, 6.45) is 3.91. The summed E-state index contributed by atoms with van der Waals surface area (Å²) in [5.41, 5.74) is 0.975. The molecular weight excluding hydrogens is 344 g/mol. The zero-order valence-corrected chi connectivity index (χ0v) is 16.0. The van der Waals surface area contributed by atoms with Gasteiger partial charge in [0.25, 0.3) is 0 Å². The molecule has 2 fully saturated rings. The van der Waals surface area contributed by atoms with Crippen LogP contribution < -0.4 is 5.32 Å². The van der Waals surface area contributed by atoms with Crippen LogP contribution in [0.15, 0.2) is 30.3 Å². The highest BCUT2D eigenvalue weighted by Crippen LogP contribution is 2.38. The number of ether oxygens (including phenoxy) is 1. The zero-order chi connectivity index (χ0) is 19.2. The van der Waals surface area contributed by atoms with Crippen molar-refractivity contribution in [3.8, 4) is 0 Å². The lowest BCUT2D eigenvalue weighted by molar-refractivity contribution is -0.145. The van der Waals surface area contributed by atoms with Gasteiger partial charge in [-0.2, -0.15) is 0 Å². The smallest absolute Gasteiger partial charge is 0.306 e. The number of carbonyl (C=O) groups excluding carboxylic acids is 2. The number of esters is 1. The Morgan fingerprint density at radius 3 is 2.78 bits per heavy atom. The van der Waals surface area contributed by atoms with Gasteiger partial charge in [0.2, 0.25) is 5.91 Å². The van der Waals surface area contributed by atoms with Gasteiger partial charge < -0.3 is 15.2 Å². The summed E-state index contributed by atoms with van der Waals surface area (Å²) >= 11 is 0. The van der Waals surface area contributed by atoms with E-state index in [1.807, 2.05) is 30.3 Å². The van der Waals surface area contributed by atoms with Gasteiger partial charge in [-0.1, -0.05) is 30.3 Å². The van der Waals surface area contributed by atoms with Gasteiger partial charge in [0, 0.05) is 25.0 Å². The minimum Gasteiger partial charge on any atom is -0.461 e. The Morgan fingerprint density at radius 2 is 2.00 bits per heavy atom. The summed E-state index contributed by atoms with van der Waals surface area (Å²) in [7, 11) is 2.05. The first-order valence-corrected chi connectivity index (χ1v) is 9.93. The third-order valence-corrected chi connectivity index (χ3v) is 5.89. The highest BCUT2D eigenvalue weighted by molar-refractivity contribution is 5.80. The molecule has 4 atom stereocenters. The van der Waals surface area contributed by atoms with E-state index in [2.05, 4.69) is 17.3 Å². The number of hydrogen-bond donors (Lipinski definition) is 2. The average molecular weight is 374 g/mol. The molecule has 2 heterocycles. The van der Waals surface area contributed by atoms with Crippen LogP contribution in [0.3, 0.4) is 0 Å². The van der Waals surface area contributed by atoms with Crippen molar-refractivity contribution in [3.05, 3.63) is 35.9 Å². The Labute approximate surface area is 160 Å². The average Bonchev–Trinajstić information content (AvgIpc) is 2.90. The normalized spacial score (nSPS) is 27.3. The van der Waals surface area contributed by atoms with E-state index < -0.39 is 6.10 Å². The second kappa shape index (κ2) is 9.33. The number of aliphatic hydroxyl groups is 1. The molecule has 2 aliphatic rings. The summed E-state index contributed by atoms with van der Waals surface area (Å²) in [6.45, 7) is 0.819. The van der Waals surface area contributed by atoms with Crippen molar-refractivity contribution in [1.82, 2.24) is 10.2 Å². The number of aliphatic hydroxyl groups excluding tert-OH is 1. The maximum Gasteiger partial charge on any atom is 0.306 e. The largest absolute Gasteiger partial charge is 0.461 e. The fourth-order valence-electron chi connectivity index (χ4n) is 4.32. The number of carbonyl (C=O) groups is 2. The number of rotatable bonds is 8. The molecule has 6 heteroatoms. The Balaban J connectivity index is 1.30. The van der Waals surface area contributed by atoms with Crippen LogP contribution in [-0.2, 0) is 20.9 Å². The van der Waals surface area contributed by atoms with Crippen LogP contribution in [0.4, 0.5) is 0 Å². The molecule has 0 aliphatic carbocycles. The summed E-state index contributed by atoms with van der Waals surface area (Å²) in [6, 6.07) is 10.2. The van der Waals surface area contributed by atoms with Gasteiger partial charge in [0.05, 0.1) is 12.0 Å². The van der Waals surface area contributed by atoms with Crippen molar-refractivity contribution < 1.29 is 19.4 Å². The summed E-state index contributed by atoms with van der Waals surface area (Å²) in [5, 5.41) is 13.3. The third-order valence-electron chi connectivity index (χ3n) is 5.89. The van der Waals surface area contributed by atoms with Crippen LogP contribution in [-0.4, -0.2) is 53.7 Å². The lowest BCUT2D eigenvalue weighted by Gasteiger charge is -2.39. The molecule has 6 nitrogen and oxygen atoms in total. The number of hydrogen-bond acceptors (Lipinski definition) is 5. The van der Waals surface area contributed by atoms with Crippen LogP contribution in [0.2, 0.25) is 0 Å². The molecule has 1 aromatic carbocycles. The van der Waals surface area contributed by atoms with Gasteiger partial charge >= 0.3 is 5.97 Å². The lowest BCUT2D eigenvalue weighted by Crippen LogP contribution is -2.54. The van der Waals surface area contributed by atoms with Gasteiger partial charge in [-0.15, -0.1) is 0 Å². The molecule has 2 bridgehead atoms. The Kier molecular flexibility index (Phi) is 6.85. The molecular formula is C21H30N2O4. The number of nitrogens with zero attached hydrogens (tertiary/aromatic N) is 1. The molecule has 0 spiro atoms. The molecule has 2 unspecified atom stereocenters. The molecule has 0 radical (unpaired) electrons. The fraction of sp³-hybridized carbons (Fsp3) is 0.619. The predicted octanol–water partition coefficient (Wildman–Crippen LogP) is 1.86. The molecule has 1 aromatic rings. The van der Waals surface area contributed by atoms with E-state index in [9.17, 15) is 14.7 Å². The minimum absolute atomic E-state index is 0.0636. The summed E-state index contributed by atoms with van der Waals surface area (Å²) < 4.78 is 5.25. The van der Waals surface area contributed by atoms with Crippen molar-refractivity contribution in [2.24, 2.45) is 5.92 Å². The topological polar surface area (TPSA) is 78.9 Å². The standard InChI is InChI=1S/C21H30N2O4/c1-23-16-10-11-17(23)20(18(24)13-16)21(26)22-12-6-5-9-19(25)27-14-15-7-3-2-4-8-15/h2-4,7-8,16-18,20,24H,5-6,9-14H2,1H3,(H,22,26)/t16?,17?,18-,20+/m0/s1. The molecule has 0 aromatic heterocycles. The van der Waals surface area contributed by atoms with E-state index in [4.69, 9.17) is 4.74 Å². The lowest BCUT2D eigenvalue weighted by atomic mass is 9.87. The van der Waals surface area contributed by atoms with E-state index >= 15 is 0 Å². The highest BCUT2D eigenvalue weighted by Gasteiger charge is 2.47. The zero-order valence-electron chi connectivity index (χ0n) is 16.0. The monoisotopic (exact) mass is 374 g/mol.